The Kier molecular flexibility index (Phi) is 7.63. The van der Waals surface area contributed by atoms with Crippen LogP contribution in [0.15, 0.2) is 92.7 Å². The van der Waals surface area contributed by atoms with Gasteiger partial charge in [0.15, 0.2) is 6.61 Å². The van der Waals surface area contributed by atoms with Crippen molar-refractivity contribution >= 4 is 69.9 Å². The average molecular weight is 620 g/mol. The Labute approximate surface area is 219 Å². The minimum Gasteiger partial charge on any atom is -0.497 e. The van der Waals surface area contributed by atoms with E-state index in [0.29, 0.717) is 22.9 Å². The summed E-state index contributed by atoms with van der Waals surface area (Å²) in [5, 5.41) is 4.69. The fraction of sp³-hybridized carbons (Fsp3) is 0.0800. The molecule has 0 spiro atoms. The molecule has 4 aromatic carbocycles. The van der Waals surface area contributed by atoms with Crippen LogP contribution in [0.25, 0.3) is 10.8 Å². The highest BCUT2D eigenvalue weighted by Crippen LogP contribution is 2.34. The van der Waals surface area contributed by atoms with Gasteiger partial charge in [0.25, 0.3) is 15.9 Å². The van der Waals surface area contributed by atoms with Gasteiger partial charge in [0.2, 0.25) is 0 Å². The van der Waals surface area contributed by atoms with Crippen LogP contribution in [0, 0.1) is 0 Å². The molecule has 0 aliphatic carbocycles. The number of carbonyl (C=O) groups is 1. The average Bonchev–Trinajstić information content (AvgIpc) is 2.84. The third-order valence-electron chi connectivity index (χ3n) is 5.03. The van der Waals surface area contributed by atoms with E-state index in [4.69, 9.17) is 9.47 Å². The molecule has 0 aliphatic rings. The summed E-state index contributed by atoms with van der Waals surface area (Å²) in [7, 11) is -2.25. The molecule has 0 unspecified atom stereocenters. The third-order valence-corrected chi connectivity index (χ3v) is 7.74. The fourth-order valence-electron chi connectivity index (χ4n) is 3.29. The Morgan fingerprint density at radius 3 is 2.26 bits per heavy atom. The Balaban J connectivity index is 1.36. The molecule has 0 aliphatic heterocycles. The van der Waals surface area contributed by atoms with Gasteiger partial charge in [-0.1, -0.05) is 28.1 Å². The topological polar surface area (TPSA) is 93.7 Å². The zero-order chi connectivity index (χ0) is 25.0. The Morgan fingerprint density at radius 1 is 0.886 bits per heavy atom. The Bertz CT molecular complexity index is 1470. The zero-order valence-corrected chi connectivity index (χ0v) is 22.4. The number of anilines is 2. The zero-order valence-electron chi connectivity index (χ0n) is 18.4. The van der Waals surface area contributed by atoms with Gasteiger partial charge < -0.3 is 14.8 Å². The number of rotatable bonds is 8. The lowest BCUT2D eigenvalue weighted by molar-refractivity contribution is -0.118. The van der Waals surface area contributed by atoms with Crippen LogP contribution in [0.1, 0.15) is 0 Å². The van der Waals surface area contributed by atoms with Crippen LogP contribution in [0.5, 0.6) is 11.5 Å². The molecule has 0 fully saturated rings. The molecular formula is C25H20Br2N2O5S. The maximum absolute atomic E-state index is 12.6. The van der Waals surface area contributed by atoms with Crippen molar-refractivity contribution in [3.05, 3.63) is 87.8 Å². The van der Waals surface area contributed by atoms with Crippen molar-refractivity contribution in [2.75, 3.05) is 23.8 Å². The molecule has 2 N–H and O–H groups in total. The second kappa shape index (κ2) is 10.7. The van der Waals surface area contributed by atoms with Gasteiger partial charge in [-0.05, 0) is 93.4 Å². The van der Waals surface area contributed by atoms with Gasteiger partial charge in [-0.15, -0.1) is 0 Å². The van der Waals surface area contributed by atoms with Crippen LogP contribution >= 0.6 is 31.9 Å². The first-order valence-corrected chi connectivity index (χ1v) is 13.4. The van der Waals surface area contributed by atoms with Crippen LogP contribution in [0.3, 0.4) is 0 Å². The molecule has 0 atom stereocenters. The first kappa shape index (κ1) is 25.0. The van der Waals surface area contributed by atoms with Crippen molar-refractivity contribution in [3.8, 4) is 11.5 Å². The normalized spacial score (nSPS) is 11.2. The summed E-state index contributed by atoms with van der Waals surface area (Å²) in [6.45, 7) is -0.209. The summed E-state index contributed by atoms with van der Waals surface area (Å²) < 4.78 is 40.3. The fourth-order valence-corrected chi connectivity index (χ4v) is 5.33. The number of benzene rings is 4. The summed E-state index contributed by atoms with van der Waals surface area (Å²) in [6.07, 6.45) is 0. The molecular weight excluding hydrogens is 600 g/mol. The standard InChI is InChI=1S/C25H20Br2N2O5S/c1-33-20-8-4-19(5-9-20)29-35(31,32)21-10-6-18(7-11-21)28-24(30)15-34-23-13-2-16-14-17(26)3-12-22(16)25(23)27/h2-14,29H,15H2,1H3,(H,28,30). The molecule has 4 rings (SSSR count). The van der Waals surface area contributed by atoms with Crippen LogP contribution in [0.2, 0.25) is 0 Å². The minimum absolute atomic E-state index is 0.0642. The number of methoxy groups -OCH3 is 1. The quantitative estimate of drug-likeness (QED) is 0.245. The maximum atomic E-state index is 12.6. The highest BCUT2D eigenvalue weighted by Gasteiger charge is 2.15. The molecule has 0 aromatic heterocycles. The summed E-state index contributed by atoms with van der Waals surface area (Å²) in [5.41, 5.74) is 0.859. The molecule has 10 heteroatoms. The lowest BCUT2D eigenvalue weighted by Gasteiger charge is -2.12. The predicted molar refractivity (Wildman–Crippen MR) is 144 cm³/mol. The summed E-state index contributed by atoms with van der Waals surface area (Å²) >= 11 is 6.99. The summed E-state index contributed by atoms with van der Waals surface area (Å²) in [6, 6.07) is 22.0. The van der Waals surface area contributed by atoms with Crippen molar-refractivity contribution in [1.29, 1.82) is 0 Å². The van der Waals surface area contributed by atoms with E-state index in [9.17, 15) is 13.2 Å². The van der Waals surface area contributed by atoms with Crippen LogP contribution in [-0.2, 0) is 14.8 Å². The van der Waals surface area contributed by atoms with Gasteiger partial charge in [-0.3, -0.25) is 9.52 Å². The molecule has 0 radical (unpaired) electrons. The van der Waals surface area contributed by atoms with Crippen molar-refractivity contribution < 1.29 is 22.7 Å². The van der Waals surface area contributed by atoms with Gasteiger partial charge in [-0.2, -0.15) is 0 Å². The highest BCUT2D eigenvalue weighted by atomic mass is 79.9. The third kappa shape index (κ3) is 6.14. The number of hydrogen-bond acceptors (Lipinski definition) is 5. The largest absolute Gasteiger partial charge is 0.497 e. The van der Waals surface area contributed by atoms with E-state index in [2.05, 4.69) is 41.9 Å². The Morgan fingerprint density at radius 2 is 1.57 bits per heavy atom. The van der Waals surface area contributed by atoms with E-state index >= 15 is 0 Å². The minimum atomic E-state index is -3.79. The van der Waals surface area contributed by atoms with Gasteiger partial charge in [-0.25, -0.2) is 8.42 Å². The van der Waals surface area contributed by atoms with E-state index in [1.807, 2.05) is 24.3 Å². The highest BCUT2D eigenvalue weighted by molar-refractivity contribution is 9.11. The first-order valence-electron chi connectivity index (χ1n) is 10.3. The van der Waals surface area contributed by atoms with E-state index in [1.165, 1.54) is 31.4 Å². The van der Waals surface area contributed by atoms with Crippen LogP contribution < -0.4 is 19.5 Å². The number of sulfonamides is 1. The second-order valence-corrected chi connectivity index (χ2v) is 10.8. The van der Waals surface area contributed by atoms with Gasteiger partial charge in [0, 0.05) is 15.8 Å². The second-order valence-electron chi connectivity index (χ2n) is 7.44. The van der Waals surface area contributed by atoms with Crippen molar-refractivity contribution in [1.82, 2.24) is 0 Å². The van der Waals surface area contributed by atoms with Gasteiger partial charge in [0.1, 0.15) is 11.5 Å². The van der Waals surface area contributed by atoms with Crippen molar-refractivity contribution in [3.63, 3.8) is 0 Å². The number of hydrogen-bond donors (Lipinski definition) is 2. The van der Waals surface area contributed by atoms with E-state index in [1.54, 1.807) is 30.3 Å². The number of nitrogens with one attached hydrogen (secondary N) is 2. The number of fused-ring (bicyclic) bond motifs is 1. The lowest BCUT2D eigenvalue weighted by Crippen LogP contribution is -2.20. The molecule has 0 bridgehead atoms. The van der Waals surface area contributed by atoms with Crippen molar-refractivity contribution in [2.45, 2.75) is 4.90 Å². The number of amides is 1. The van der Waals surface area contributed by atoms with Crippen LogP contribution in [-0.4, -0.2) is 28.0 Å². The summed E-state index contributed by atoms with van der Waals surface area (Å²) in [4.78, 5) is 12.4. The van der Waals surface area contributed by atoms with E-state index < -0.39 is 10.0 Å². The van der Waals surface area contributed by atoms with E-state index in [0.717, 1.165) is 19.7 Å². The number of ether oxygens (including phenoxy) is 2. The molecule has 0 saturated carbocycles. The predicted octanol–water partition coefficient (Wildman–Crippen LogP) is 6.19. The van der Waals surface area contributed by atoms with Gasteiger partial charge >= 0.3 is 0 Å². The Hall–Kier alpha value is -3.08. The van der Waals surface area contributed by atoms with Crippen molar-refractivity contribution in [2.24, 2.45) is 0 Å². The molecule has 35 heavy (non-hydrogen) atoms. The first-order chi connectivity index (χ1) is 16.7. The van der Waals surface area contributed by atoms with Crippen LogP contribution in [0.4, 0.5) is 11.4 Å². The number of carbonyl (C=O) groups excluding carboxylic acids is 1. The maximum Gasteiger partial charge on any atom is 0.262 e. The van der Waals surface area contributed by atoms with E-state index in [-0.39, 0.29) is 17.4 Å². The molecule has 1 amide bonds. The lowest BCUT2D eigenvalue weighted by atomic mass is 10.1. The monoisotopic (exact) mass is 618 g/mol. The van der Waals surface area contributed by atoms with Gasteiger partial charge in [0.05, 0.1) is 16.5 Å². The molecule has 4 aromatic rings. The molecule has 0 heterocycles. The molecule has 7 nitrogen and oxygen atoms in total. The SMILES string of the molecule is COc1ccc(NS(=O)(=O)c2ccc(NC(=O)COc3ccc4cc(Br)ccc4c3Br)cc2)cc1. The molecule has 0 saturated heterocycles. The number of halogens is 2. The molecule has 180 valence electrons. The summed E-state index contributed by atoms with van der Waals surface area (Å²) in [5.74, 6) is 0.791. The smallest absolute Gasteiger partial charge is 0.262 e.